The minimum atomic E-state index is 1.30. The van der Waals surface area contributed by atoms with Crippen LogP contribution in [-0.4, -0.2) is 0 Å². The van der Waals surface area contributed by atoms with Crippen molar-refractivity contribution < 1.29 is 0 Å². The molecule has 0 radical (unpaired) electrons. The van der Waals surface area contributed by atoms with E-state index in [1.807, 2.05) is 0 Å². The van der Waals surface area contributed by atoms with Crippen LogP contribution >= 0.6 is 0 Å². The third-order valence-corrected chi connectivity index (χ3v) is 1.78. The van der Waals surface area contributed by atoms with Crippen molar-refractivity contribution in [2.75, 3.05) is 0 Å². The fourth-order valence-electron chi connectivity index (χ4n) is 1.16. The first kappa shape index (κ1) is 5.87. The molecule has 1 aliphatic rings. The van der Waals surface area contributed by atoms with Crippen LogP contribution in [0.25, 0.3) is 0 Å². The summed E-state index contributed by atoms with van der Waals surface area (Å²) >= 11 is 0. The van der Waals surface area contributed by atoms with E-state index in [-0.39, 0.29) is 0 Å². The molecule has 0 aromatic carbocycles. The van der Waals surface area contributed by atoms with E-state index >= 15 is 0 Å². The van der Waals surface area contributed by atoms with Gasteiger partial charge in [0.15, 0.2) is 0 Å². The van der Waals surface area contributed by atoms with Crippen LogP contribution in [0.4, 0.5) is 0 Å². The largest absolute Gasteiger partial charge is 0.0669 e. The minimum absolute atomic E-state index is 1.30. The summed E-state index contributed by atoms with van der Waals surface area (Å²) in [5.74, 6) is 0. The highest BCUT2D eigenvalue weighted by atomic mass is 14.2. The van der Waals surface area contributed by atoms with Crippen LogP contribution in [0.3, 0.4) is 0 Å². The summed E-state index contributed by atoms with van der Waals surface area (Å²) in [7, 11) is 0. The molecule has 0 bridgehead atoms. The monoisotopic (exact) mass is 110 g/mol. The van der Waals surface area contributed by atoms with Gasteiger partial charge in [-0.3, -0.25) is 0 Å². The fourth-order valence-corrected chi connectivity index (χ4v) is 1.16. The number of allylic oxidation sites excluding steroid dienone is 2. The molecule has 0 nitrogen and oxygen atoms in total. The zero-order valence-electron chi connectivity index (χ0n) is 5.83. The van der Waals surface area contributed by atoms with Crippen molar-refractivity contribution >= 4 is 0 Å². The van der Waals surface area contributed by atoms with Crippen molar-refractivity contribution in [3.05, 3.63) is 11.1 Å². The average molecular weight is 110 g/mol. The van der Waals surface area contributed by atoms with Gasteiger partial charge >= 0.3 is 0 Å². The lowest BCUT2D eigenvalue weighted by molar-refractivity contribution is 0.928. The summed E-state index contributed by atoms with van der Waals surface area (Å²) < 4.78 is 0. The summed E-state index contributed by atoms with van der Waals surface area (Å²) in [6.07, 6.45) is 5.36. The Bertz CT molecular complexity index is 109. The maximum Gasteiger partial charge on any atom is -0.0103 e. The highest BCUT2D eigenvalue weighted by Crippen LogP contribution is 2.36. The zero-order chi connectivity index (χ0) is 5.98. The van der Waals surface area contributed by atoms with E-state index < -0.39 is 0 Å². The first-order valence-corrected chi connectivity index (χ1v) is 3.58. The predicted octanol–water partition coefficient (Wildman–Crippen LogP) is 2.90. The molecule has 0 spiro atoms. The van der Waals surface area contributed by atoms with Crippen LogP contribution in [-0.2, 0) is 0 Å². The van der Waals surface area contributed by atoms with Gasteiger partial charge in [0.1, 0.15) is 0 Å². The van der Waals surface area contributed by atoms with Gasteiger partial charge in [-0.1, -0.05) is 31.4 Å². The molecule has 1 aliphatic carbocycles. The van der Waals surface area contributed by atoms with E-state index in [0.29, 0.717) is 0 Å². The Morgan fingerprint density at radius 2 is 2.00 bits per heavy atom. The molecule has 46 valence electrons. The lowest BCUT2D eigenvalue weighted by Gasteiger charge is -1.80. The van der Waals surface area contributed by atoms with Crippen molar-refractivity contribution in [3.63, 3.8) is 0 Å². The van der Waals surface area contributed by atoms with Gasteiger partial charge in [0.05, 0.1) is 0 Å². The Kier molecular flexibility index (Phi) is 1.72. The minimum Gasteiger partial charge on any atom is -0.0669 e. The van der Waals surface area contributed by atoms with Gasteiger partial charge in [-0.15, -0.1) is 0 Å². The third-order valence-electron chi connectivity index (χ3n) is 1.78. The highest BCUT2D eigenvalue weighted by Gasteiger charge is 2.16. The fraction of sp³-hybridized carbons (Fsp3) is 0.750. The second-order valence-electron chi connectivity index (χ2n) is 2.49. The highest BCUT2D eigenvalue weighted by molar-refractivity contribution is 5.34. The van der Waals surface area contributed by atoms with Crippen LogP contribution < -0.4 is 0 Å². The first-order valence-electron chi connectivity index (χ1n) is 3.58. The lowest BCUT2D eigenvalue weighted by Crippen LogP contribution is -1.60. The number of hydrogen-bond acceptors (Lipinski definition) is 0. The normalized spacial score (nSPS) is 17.2. The van der Waals surface area contributed by atoms with Gasteiger partial charge in [0.25, 0.3) is 0 Å². The smallest absolute Gasteiger partial charge is 0.0103 e. The molecule has 0 aromatic heterocycles. The van der Waals surface area contributed by atoms with Crippen molar-refractivity contribution in [1.82, 2.24) is 0 Å². The molecule has 0 saturated carbocycles. The van der Waals surface area contributed by atoms with Crippen LogP contribution in [0.5, 0.6) is 0 Å². The average Bonchev–Trinajstić information content (AvgIpc) is 2.48. The molecule has 0 atom stereocenters. The quantitative estimate of drug-likeness (QED) is 0.490. The van der Waals surface area contributed by atoms with Gasteiger partial charge in [0, 0.05) is 0 Å². The maximum absolute atomic E-state index is 2.25. The Balaban J connectivity index is 2.20. The summed E-state index contributed by atoms with van der Waals surface area (Å²) in [5, 5.41) is 0. The molecule has 0 saturated heterocycles. The van der Waals surface area contributed by atoms with Gasteiger partial charge in [-0.2, -0.15) is 0 Å². The molecule has 0 aliphatic heterocycles. The molecule has 0 heterocycles. The Labute approximate surface area is 51.6 Å². The van der Waals surface area contributed by atoms with Gasteiger partial charge in [0.2, 0.25) is 0 Å². The van der Waals surface area contributed by atoms with E-state index in [2.05, 4.69) is 13.8 Å². The van der Waals surface area contributed by atoms with Gasteiger partial charge in [-0.25, -0.2) is 0 Å². The Morgan fingerprint density at radius 1 is 1.25 bits per heavy atom. The molecule has 8 heavy (non-hydrogen) atoms. The summed E-state index contributed by atoms with van der Waals surface area (Å²) in [6, 6.07) is 0. The predicted molar refractivity (Wildman–Crippen MR) is 36.8 cm³/mol. The molecule has 0 N–H and O–H groups in total. The van der Waals surface area contributed by atoms with Crippen molar-refractivity contribution in [2.24, 2.45) is 0 Å². The number of hydrogen-bond donors (Lipinski definition) is 0. The van der Waals surface area contributed by atoms with Gasteiger partial charge in [-0.05, 0) is 19.3 Å². The van der Waals surface area contributed by atoms with E-state index in [1.165, 1.54) is 25.7 Å². The zero-order valence-corrected chi connectivity index (χ0v) is 5.83. The van der Waals surface area contributed by atoms with Crippen LogP contribution in [0.2, 0.25) is 0 Å². The topological polar surface area (TPSA) is 0 Å². The van der Waals surface area contributed by atoms with E-state index in [9.17, 15) is 0 Å². The van der Waals surface area contributed by atoms with Crippen LogP contribution in [0.1, 0.15) is 39.5 Å². The molecule has 0 aromatic rings. The standard InChI is InChI=1S/C8H14/c1-3-5-8-6-7(8)4-2/h3-6H2,1-2H3. The lowest BCUT2D eigenvalue weighted by atomic mass is 10.3. The molecule has 1 rings (SSSR count). The van der Waals surface area contributed by atoms with Crippen LogP contribution in [0.15, 0.2) is 11.1 Å². The Hall–Kier alpha value is -0.260. The van der Waals surface area contributed by atoms with Crippen molar-refractivity contribution in [2.45, 2.75) is 39.5 Å². The molecule has 0 fully saturated rings. The second-order valence-corrected chi connectivity index (χ2v) is 2.49. The van der Waals surface area contributed by atoms with Crippen molar-refractivity contribution in [3.8, 4) is 0 Å². The molecule has 0 amide bonds. The van der Waals surface area contributed by atoms with Crippen LogP contribution in [0, 0.1) is 0 Å². The molecule has 0 heteroatoms. The summed E-state index contributed by atoms with van der Waals surface area (Å²) in [5.41, 5.74) is 3.47. The second kappa shape index (κ2) is 2.34. The third kappa shape index (κ3) is 1.12. The van der Waals surface area contributed by atoms with E-state index in [1.54, 1.807) is 11.1 Å². The molecular formula is C8H14. The van der Waals surface area contributed by atoms with Crippen molar-refractivity contribution in [1.29, 1.82) is 0 Å². The summed E-state index contributed by atoms with van der Waals surface area (Å²) in [6.45, 7) is 4.50. The van der Waals surface area contributed by atoms with Gasteiger partial charge < -0.3 is 0 Å². The molecular weight excluding hydrogens is 96.1 g/mol. The maximum atomic E-state index is 2.25. The SMILES string of the molecule is CCCC1=C(CC)C1. The summed E-state index contributed by atoms with van der Waals surface area (Å²) in [4.78, 5) is 0. The van der Waals surface area contributed by atoms with E-state index in [4.69, 9.17) is 0 Å². The molecule has 0 unspecified atom stereocenters. The first-order chi connectivity index (χ1) is 3.88. The Morgan fingerprint density at radius 3 is 2.38 bits per heavy atom. The van der Waals surface area contributed by atoms with E-state index in [0.717, 1.165) is 0 Å². The number of rotatable bonds is 3.